The Labute approximate surface area is 109 Å². The summed E-state index contributed by atoms with van der Waals surface area (Å²) in [6.07, 6.45) is 1.36. The molecule has 1 aliphatic rings. The first kappa shape index (κ1) is 13.4. The van der Waals surface area contributed by atoms with Crippen LogP contribution in [0.3, 0.4) is 0 Å². The third kappa shape index (κ3) is 3.24. The van der Waals surface area contributed by atoms with E-state index < -0.39 is 0 Å². The summed E-state index contributed by atoms with van der Waals surface area (Å²) >= 11 is 0. The Morgan fingerprint density at radius 3 is 2.72 bits per heavy atom. The van der Waals surface area contributed by atoms with E-state index >= 15 is 0 Å². The molecule has 3 heteroatoms. The molecule has 0 radical (unpaired) electrons. The van der Waals surface area contributed by atoms with Crippen LogP contribution >= 0.6 is 0 Å². The van der Waals surface area contributed by atoms with E-state index in [-0.39, 0.29) is 6.61 Å². The molecule has 0 bridgehead atoms. The zero-order valence-corrected chi connectivity index (χ0v) is 11.5. The molecule has 1 aromatic rings. The molecule has 1 saturated carbocycles. The minimum atomic E-state index is 0.0837. The first-order valence-corrected chi connectivity index (χ1v) is 6.59. The number of hydrogen-bond acceptors (Lipinski definition) is 3. The Kier molecular flexibility index (Phi) is 4.25. The van der Waals surface area contributed by atoms with Crippen LogP contribution in [-0.4, -0.2) is 30.7 Å². The van der Waals surface area contributed by atoms with Gasteiger partial charge in [-0.15, -0.1) is 0 Å². The van der Waals surface area contributed by atoms with Crippen LogP contribution < -0.4 is 4.74 Å². The molecule has 0 aliphatic heterocycles. The molecule has 0 heterocycles. The number of ether oxygens (including phenoxy) is 1. The molecule has 2 rings (SSSR count). The van der Waals surface area contributed by atoms with Gasteiger partial charge in [0.2, 0.25) is 0 Å². The van der Waals surface area contributed by atoms with Gasteiger partial charge >= 0.3 is 0 Å². The Hall–Kier alpha value is -1.06. The van der Waals surface area contributed by atoms with Gasteiger partial charge in [-0.2, -0.15) is 0 Å². The van der Waals surface area contributed by atoms with Crippen LogP contribution in [0.1, 0.15) is 24.5 Å². The minimum Gasteiger partial charge on any atom is -0.496 e. The van der Waals surface area contributed by atoms with Crippen LogP contribution in [0.2, 0.25) is 0 Å². The van der Waals surface area contributed by atoms with Crippen molar-refractivity contribution >= 4 is 0 Å². The fourth-order valence-corrected chi connectivity index (χ4v) is 2.46. The smallest absolute Gasteiger partial charge is 0.123 e. The molecule has 100 valence electrons. The highest BCUT2D eigenvalue weighted by atomic mass is 16.5. The van der Waals surface area contributed by atoms with Gasteiger partial charge in [-0.25, -0.2) is 0 Å². The first-order valence-electron chi connectivity index (χ1n) is 6.59. The third-order valence-corrected chi connectivity index (χ3v) is 3.79. The van der Waals surface area contributed by atoms with Gasteiger partial charge in [0.1, 0.15) is 5.75 Å². The molecule has 3 nitrogen and oxygen atoms in total. The summed E-state index contributed by atoms with van der Waals surface area (Å²) in [6.45, 7) is 4.42. The van der Waals surface area contributed by atoms with Crippen molar-refractivity contribution in [1.29, 1.82) is 0 Å². The van der Waals surface area contributed by atoms with Gasteiger partial charge in [-0.1, -0.05) is 13.0 Å². The normalized spacial score (nSPS) is 22.3. The van der Waals surface area contributed by atoms with Crippen molar-refractivity contribution in [3.8, 4) is 5.75 Å². The van der Waals surface area contributed by atoms with Crippen molar-refractivity contribution in [3.05, 3.63) is 29.3 Å². The van der Waals surface area contributed by atoms with E-state index in [1.54, 1.807) is 7.11 Å². The number of aliphatic hydroxyl groups is 1. The van der Waals surface area contributed by atoms with Gasteiger partial charge in [0.05, 0.1) is 13.7 Å². The van der Waals surface area contributed by atoms with Crippen molar-refractivity contribution in [2.45, 2.75) is 26.5 Å². The lowest BCUT2D eigenvalue weighted by Gasteiger charge is -2.19. The molecule has 18 heavy (non-hydrogen) atoms. The molecule has 0 spiro atoms. The Bertz CT molecular complexity index is 405. The van der Waals surface area contributed by atoms with Crippen LogP contribution in [0, 0.1) is 11.8 Å². The second-order valence-electron chi connectivity index (χ2n) is 5.47. The maximum Gasteiger partial charge on any atom is 0.123 e. The standard InChI is InChI=1S/C15H23NO2/c1-11-6-13(11)8-16(2)9-14-7-12(10-17)4-5-15(14)18-3/h4-5,7,11,13,17H,6,8-10H2,1-3H3. The third-order valence-electron chi connectivity index (χ3n) is 3.79. The Morgan fingerprint density at radius 2 is 2.17 bits per heavy atom. The lowest BCUT2D eigenvalue weighted by atomic mass is 10.1. The fourth-order valence-electron chi connectivity index (χ4n) is 2.46. The van der Waals surface area contributed by atoms with Crippen LogP contribution in [0.25, 0.3) is 0 Å². The van der Waals surface area contributed by atoms with Crippen molar-refractivity contribution < 1.29 is 9.84 Å². The summed E-state index contributed by atoms with van der Waals surface area (Å²) in [5.74, 6) is 2.66. The van der Waals surface area contributed by atoms with Crippen molar-refractivity contribution in [1.82, 2.24) is 4.90 Å². The summed E-state index contributed by atoms with van der Waals surface area (Å²) < 4.78 is 5.38. The van der Waals surface area contributed by atoms with Crippen LogP contribution in [0.4, 0.5) is 0 Å². The maximum atomic E-state index is 9.20. The SMILES string of the molecule is COc1ccc(CO)cc1CN(C)CC1CC1C. The van der Waals surface area contributed by atoms with E-state index in [1.165, 1.54) is 6.42 Å². The molecule has 0 aromatic heterocycles. The Balaban J connectivity index is 2.01. The number of methoxy groups -OCH3 is 1. The summed E-state index contributed by atoms with van der Waals surface area (Å²) in [4.78, 5) is 2.34. The predicted molar refractivity (Wildman–Crippen MR) is 72.5 cm³/mol. The maximum absolute atomic E-state index is 9.20. The van der Waals surface area contributed by atoms with Gasteiger partial charge < -0.3 is 14.7 Å². The number of aliphatic hydroxyl groups excluding tert-OH is 1. The second-order valence-corrected chi connectivity index (χ2v) is 5.47. The molecule has 1 fully saturated rings. The van der Waals surface area contributed by atoms with E-state index in [0.717, 1.165) is 41.8 Å². The van der Waals surface area contributed by atoms with E-state index in [9.17, 15) is 5.11 Å². The number of rotatable bonds is 6. The summed E-state index contributed by atoms with van der Waals surface area (Å²) in [6, 6.07) is 5.88. The highest BCUT2D eigenvalue weighted by Crippen LogP contribution is 2.38. The van der Waals surface area contributed by atoms with Crippen LogP contribution in [-0.2, 0) is 13.2 Å². The molecule has 2 unspecified atom stereocenters. The Morgan fingerprint density at radius 1 is 1.44 bits per heavy atom. The molecule has 2 atom stereocenters. The predicted octanol–water partition coefficient (Wildman–Crippen LogP) is 2.28. The lowest BCUT2D eigenvalue weighted by molar-refractivity contribution is 0.279. The van der Waals surface area contributed by atoms with Gasteiger partial charge in [0.15, 0.2) is 0 Å². The molecule has 0 amide bonds. The zero-order chi connectivity index (χ0) is 13.1. The summed E-state index contributed by atoms with van der Waals surface area (Å²) in [5.41, 5.74) is 2.10. The average molecular weight is 249 g/mol. The molecular formula is C15H23NO2. The minimum absolute atomic E-state index is 0.0837. The van der Waals surface area contributed by atoms with E-state index in [1.807, 2.05) is 18.2 Å². The van der Waals surface area contributed by atoms with E-state index in [0.29, 0.717) is 0 Å². The van der Waals surface area contributed by atoms with Gasteiger partial charge in [0, 0.05) is 18.7 Å². The first-order chi connectivity index (χ1) is 8.63. The molecule has 1 aliphatic carbocycles. The topological polar surface area (TPSA) is 32.7 Å². The van der Waals surface area contributed by atoms with Crippen molar-refractivity contribution in [2.24, 2.45) is 11.8 Å². The largest absolute Gasteiger partial charge is 0.496 e. The van der Waals surface area contributed by atoms with E-state index in [4.69, 9.17) is 4.74 Å². The van der Waals surface area contributed by atoms with Crippen molar-refractivity contribution in [2.75, 3.05) is 20.7 Å². The van der Waals surface area contributed by atoms with Crippen LogP contribution in [0.15, 0.2) is 18.2 Å². The number of benzene rings is 1. The monoisotopic (exact) mass is 249 g/mol. The lowest BCUT2D eigenvalue weighted by Crippen LogP contribution is -2.21. The summed E-state index contributed by atoms with van der Waals surface area (Å²) in [5, 5.41) is 9.20. The quantitative estimate of drug-likeness (QED) is 0.839. The van der Waals surface area contributed by atoms with Gasteiger partial charge in [-0.3, -0.25) is 0 Å². The average Bonchev–Trinajstić information content (AvgIpc) is 3.04. The molecular weight excluding hydrogens is 226 g/mol. The molecule has 0 saturated heterocycles. The fraction of sp³-hybridized carbons (Fsp3) is 0.600. The summed E-state index contributed by atoms with van der Waals surface area (Å²) in [7, 11) is 3.84. The van der Waals surface area contributed by atoms with Crippen molar-refractivity contribution in [3.63, 3.8) is 0 Å². The highest BCUT2D eigenvalue weighted by Gasteiger charge is 2.33. The van der Waals surface area contributed by atoms with Gasteiger partial charge in [0.25, 0.3) is 0 Å². The zero-order valence-electron chi connectivity index (χ0n) is 11.5. The number of nitrogens with zero attached hydrogens (tertiary/aromatic N) is 1. The highest BCUT2D eigenvalue weighted by molar-refractivity contribution is 5.37. The second kappa shape index (κ2) is 5.72. The van der Waals surface area contributed by atoms with E-state index in [2.05, 4.69) is 18.9 Å². The number of hydrogen-bond donors (Lipinski definition) is 1. The van der Waals surface area contributed by atoms with Gasteiger partial charge in [-0.05, 0) is 43.0 Å². The molecule has 1 aromatic carbocycles. The molecule has 1 N–H and O–H groups in total. The van der Waals surface area contributed by atoms with Crippen LogP contribution in [0.5, 0.6) is 5.75 Å².